The Morgan fingerprint density at radius 2 is 1.71 bits per heavy atom. The Balaban J connectivity index is 0.000000233. The van der Waals surface area contributed by atoms with Crippen molar-refractivity contribution in [2.24, 2.45) is 4.99 Å². The maximum Gasteiger partial charge on any atom is 0.335 e. The molecule has 2 amide bonds. The van der Waals surface area contributed by atoms with Gasteiger partial charge in [-0.1, -0.05) is 29.8 Å². The Morgan fingerprint density at radius 3 is 2.35 bits per heavy atom. The molecule has 0 spiro atoms. The smallest absolute Gasteiger partial charge is 0.335 e. The second-order valence-electron chi connectivity index (χ2n) is 10.4. The third-order valence-corrected chi connectivity index (χ3v) is 10.4. The molecule has 0 aliphatic carbocycles. The molecule has 0 unspecified atom stereocenters. The Labute approximate surface area is 308 Å². The summed E-state index contributed by atoms with van der Waals surface area (Å²) < 4.78 is 58.2. The largest absolute Gasteiger partial charge is 0.481 e. The lowest BCUT2D eigenvalue weighted by atomic mass is 10.1. The first-order valence-electron chi connectivity index (χ1n) is 14.9. The highest BCUT2D eigenvalue weighted by molar-refractivity contribution is 8.00. The number of carbonyl (C=O) groups excluding carboxylic acids is 2. The zero-order valence-corrected chi connectivity index (χ0v) is 30.8. The van der Waals surface area contributed by atoms with Crippen LogP contribution in [-0.2, 0) is 38.4 Å². The van der Waals surface area contributed by atoms with Crippen LogP contribution in [0.1, 0.15) is 28.8 Å². The number of methoxy groups -OCH3 is 3. The Kier molecular flexibility index (Phi) is 13.8. The van der Waals surface area contributed by atoms with Crippen molar-refractivity contribution in [2.45, 2.75) is 36.6 Å². The van der Waals surface area contributed by atoms with Crippen molar-refractivity contribution in [2.75, 3.05) is 32.4 Å². The molecule has 3 heterocycles. The molecule has 0 atom stereocenters. The Morgan fingerprint density at radius 1 is 1.06 bits per heavy atom. The molecule has 22 heteroatoms. The van der Waals surface area contributed by atoms with Crippen molar-refractivity contribution in [1.82, 2.24) is 24.1 Å². The highest BCUT2D eigenvalue weighted by Crippen LogP contribution is 2.33. The van der Waals surface area contributed by atoms with Crippen LogP contribution >= 0.6 is 34.7 Å². The molecule has 278 valence electrons. The normalized spacial score (nSPS) is 12.5. The second-order valence-corrected chi connectivity index (χ2v) is 14.4. The highest BCUT2D eigenvalue weighted by Gasteiger charge is 2.21. The summed E-state index contributed by atoms with van der Waals surface area (Å²) in [6.45, 7) is 1.32. The number of ether oxygens (including phenoxy) is 3. The molecule has 0 saturated heterocycles. The van der Waals surface area contributed by atoms with Crippen molar-refractivity contribution in [3.8, 4) is 11.8 Å². The van der Waals surface area contributed by atoms with Gasteiger partial charge >= 0.3 is 22.8 Å². The van der Waals surface area contributed by atoms with Crippen LogP contribution in [0.5, 0.6) is 11.8 Å². The third-order valence-electron chi connectivity index (χ3n) is 6.85. The van der Waals surface area contributed by atoms with Crippen LogP contribution in [0, 0.1) is 5.82 Å². The van der Waals surface area contributed by atoms with Gasteiger partial charge in [-0.2, -0.15) is 9.97 Å². The lowest BCUT2D eigenvalue weighted by molar-refractivity contribution is -0.137. The number of hydrogen-bond donors (Lipinski definition) is 3. The number of benzene rings is 2. The molecular formula is C30H31ClFN7O10S3. The van der Waals surface area contributed by atoms with Gasteiger partial charge in [-0.05, 0) is 47.9 Å². The third kappa shape index (κ3) is 10.8. The molecule has 5 rings (SSSR count). The molecule has 1 aliphatic rings. The highest BCUT2D eigenvalue weighted by atomic mass is 35.5. The van der Waals surface area contributed by atoms with Gasteiger partial charge in [0.1, 0.15) is 11.5 Å². The number of sulfonamides is 1. The van der Waals surface area contributed by atoms with E-state index in [1.165, 1.54) is 57.7 Å². The first kappa shape index (κ1) is 39.8. The predicted octanol–water partition coefficient (Wildman–Crippen LogP) is 3.64. The molecule has 52 heavy (non-hydrogen) atoms. The van der Waals surface area contributed by atoms with Gasteiger partial charge in [0, 0.05) is 18.0 Å². The number of halogens is 2. The standard InChI is InChI=1S/C15H15ClFN3O3S2.C15H16N4O7S/c1-23-13(21)8-24-12-7-11(10(17)6-9(12)16)18-14-19-4-2-3-5-20(19)15(22)25-14;1-25-11-7-12(26-2)17-14(16-11)18-15(22)19-27(23,24)8-9-5-3-4-6-10(9)13(20)21/h6-7H,2-5,8H2,1H3;3-7H,8H2,1-2H3,(H,20,21)(H2,16,17,18,19,22). The van der Waals surface area contributed by atoms with Crippen molar-refractivity contribution in [3.05, 3.63) is 78.9 Å². The van der Waals surface area contributed by atoms with E-state index in [0.29, 0.717) is 22.8 Å². The van der Waals surface area contributed by atoms with Gasteiger partial charge in [0.25, 0.3) is 0 Å². The Bertz CT molecular complexity index is 2190. The number of rotatable bonds is 11. The topological polar surface area (TPSA) is 222 Å². The molecule has 0 radical (unpaired) electrons. The van der Waals surface area contributed by atoms with Crippen molar-refractivity contribution in [1.29, 1.82) is 0 Å². The summed E-state index contributed by atoms with van der Waals surface area (Å²) >= 11 is 8.17. The number of nitrogens with one attached hydrogen (secondary N) is 2. The number of carboxylic acid groups (broad SMARTS) is 1. The molecule has 2 aromatic carbocycles. The molecule has 1 aliphatic heterocycles. The average Bonchev–Trinajstić information content (AvgIpc) is 3.42. The van der Waals surface area contributed by atoms with Crippen LogP contribution in [0.3, 0.4) is 0 Å². The van der Waals surface area contributed by atoms with Gasteiger partial charge in [-0.3, -0.25) is 19.6 Å². The maximum atomic E-state index is 14.3. The minimum absolute atomic E-state index is 0.0320. The minimum atomic E-state index is -4.18. The van der Waals surface area contributed by atoms with E-state index in [1.807, 2.05) is 0 Å². The number of fused-ring (bicyclic) bond motifs is 1. The summed E-state index contributed by atoms with van der Waals surface area (Å²) in [5, 5.41) is 11.4. The lowest BCUT2D eigenvalue weighted by Gasteiger charge is -2.15. The molecule has 0 fully saturated rings. The van der Waals surface area contributed by atoms with Crippen LogP contribution < -0.4 is 29.2 Å². The number of esters is 1. The van der Waals surface area contributed by atoms with E-state index in [4.69, 9.17) is 26.2 Å². The fourth-order valence-corrected chi connectivity index (χ4v) is 7.52. The number of thioether (sulfide) groups is 1. The van der Waals surface area contributed by atoms with Crippen molar-refractivity contribution in [3.63, 3.8) is 0 Å². The van der Waals surface area contributed by atoms with Crippen LogP contribution in [0.25, 0.3) is 0 Å². The summed E-state index contributed by atoms with van der Waals surface area (Å²) in [7, 11) is -0.201. The van der Waals surface area contributed by atoms with E-state index in [-0.39, 0.29) is 50.2 Å². The van der Waals surface area contributed by atoms with Gasteiger partial charge in [0.2, 0.25) is 32.5 Å². The molecular weight excluding hydrogens is 769 g/mol. The fraction of sp³-hybridized carbons (Fsp3) is 0.300. The zero-order chi connectivity index (χ0) is 38.0. The molecule has 17 nitrogen and oxygen atoms in total. The number of amides is 2. The van der Waals surface area contributed by atoms with E-state index in [0.717, 1.165) is 42.0 Å². The van der Waals surface area contributed by atoms with Gasteiger partial charge < -0.3 is 19.3 Å². The molecule has 3 N–H and O–H groups in total. The van der Waals surface area contributed by atoms with Gasteiger partial charge in [0.15, 0.2) is 0 Å². The predicted molar refractivity (Wildman–Crippen MR) is 188 cm³/mol. The number of hydrogen-bond acceptors (Lipinski definition) is 14. The number of aromatic nitrogens is 4. The second kappa shape index (κ2) is 18.0. The van der Waals surface area contributed by atoms with E-state index >= 15 is 0 Å². The van der Waals surface area contributed by atoms with Crippen molar-refractivity contribution < 1.29 is 46.5 Å². The van der Waals surface area contributed by atoms with E-state index in [1.54, 1.807) is 14.1 Å². The summed E-state index contributed by atoms with van der Waals surface area (Å²) in [5.41, 5.74) is -0.0618. The van der Waals surface area contributed by atoms with E-state index < -0.39 is 39.6 Å². The lowest BCUT2D eigenvalue weighted by Crippen LogP contribution is -2.36. The Hall–Kier alpha value is -4.99. The summed E-state index contributed by atoms with van der Waals surface area (Å²) in [6, 6.07) is 8.45. The van der Waals surface area contributed by atoms with Gasteiger partial charge in [-0.15, -0.1) is 11.8 Å². The molecule has 0 bridgehead atoms. The van der Waals surface area contributed by atoms with Gasteiger partial charge in [-0.25, -0.2) is 36.8 Å². The van der Waals surface area contributed by atoms with Crippen molar-refractivity contribution >= 4 is 74.3 Å². The number of aromatic carboxylic acids is 1. The minimum Gasteiger partial charge on any atom is -0.481 e. The first-order chi connectivity index (χ1) is 24.7. The van der Waals surface area contributed by atoms with Crippen LogP contribution in [-0.4, -0.2) is 77.9 Å². The number of carbonyl (C=O) groups is 3. The first-order valence-corrected chi connectivity index (χ1v) is 18.7. The molecule has 4 aromatic rings. The maximum absolute atomic E-state index is 14.3. The van der Waals surface area contributed by atoms with E-state index in [9.17, 15) is 32.0 Å². The SMILES string of the molecule is COC(=O)CSc1cc(N=c2sc(=O)n3n2CCCC3)c(F)cc1Cl.COc1cc(OC)nc(NC(=O)NS(=O)(=O)Cc2ccccc2C(=O)O)n1. The van der Waals surface area contributed by atoms with Crippen LogP contribution in [0.2, 0.25) is 5.02 Å². The number of urea groups is 1. The fourth-order valence-electron chi connectivity index (χ4n) is 4.46. The average molecular weight is 800 g/mol. The summed E-state index contributed by atoms with van der Waals surface area (Å²) in [5.74, 6) is -2.96. The summed E-state index contributed by atoms with van der Waals surface area (Å²) in [4.78, 5) is 59.3. The zero-order valence-electron chi connectivity index (χ0n) is 27.6. The van der Waals surface area contributed by atoms with Crippen LogP contribution in [0.4, 0.5) is 20.8 Å². The number of anilines is 1. The summed E-state index contributed by atoms with van der Waals surface area (Å²) in [6.07, 6.45) is 1.90. The van der Waals surface area contributed by atoms with Gasteiger partial charge in [0.05, 0.1) is 49.5 Å². The molecule has 2 aromatic heterocycles. The van der Waals surface area contributed by atoms with Crippen LogP contribution in [0.15, 0.2) is 57.1 Å². The number of nitrogens with zero attached hydrogens (tertiary/aromatic N) is 5. The monoisotopic (exact) mass is 799 g/mol. The number of carboxylic acids is 1. The quantitative estimate of drug-likeness (QED) is 0.146. The van der Waals surface area contributed by atoms with E-state index in [2.05, 4.69) is 25.0 Å². The molecule has 0 saturated carbocycles.